The Balaban J connectivity index is 0.683. The Hall–Kier alpha value is -7.04. The molecule has 58 heavy (non-hydrogen) atoms. The number of ether oxygens (including phenoxy) is 4. The van der Waals surface area contributed by atoms with Crippen LogP contribution in [0.15, 0.2) is 104 Å². The Morgan fingerprint density at radius 2 is 1.64 bits per heavy atom. The lowest BCUT2D eigenvalue weighted by atomic mass is 9.92. The summed E-state index contributed by atoms with van der Waals surface area (Å²) in [5.74, 6) is 6.19. The minimum Gasteiger partial charge on any atom is -0.491 e. The maximum Gasteiger partial charge on any atom is 0.262 e. The fourth-order valence-electron chi connectivity index (χ4n) is 7.54. The van der Waals surface area contributed by atoms with Gasteiger partial charge in [-0.25, -0.2) is 9.97 Å². The van der Waals surface area contributed by atoms with Gasteiger partial charge in [-0.1, -0.05) is 24.6 Å². The number of aromatic nitrogens is 4. The zero-order valence-corrected chi connectivity index (χ0v) is 31.6. The summed E-state index contributed by atoms with van der Waals surface area (Å²) in [6.45, 7) is 4.39. The Morgan fingerprint density at radius 1 is 0.810 bits per heavy atom. The maximum atomic E-state index is 13.1. The largest absolute Gasteiger partial charge is 0.491 e. The van der Waals surface area contributed by atoms with Gasteiger partial charge in [-0.3, -0.25) is 24.3 Å². The lowest BCUT2D eigenvalue weighted by Gasteiger charge is -2.34. The number of piperidine rings is 1. The fourth-order valence-corrected chi connectivity index (χ4v) is 7.54. The van der Waals surface area contributed by atoms with E-state index >= 15 is 0 Å². The average Bonchev–Trinajstić information content (AvgIpc) is 3.65. The van der Waals surface area contributed by atoms with E-state index in [1.807, 2.05) is 42.9 Å². The highest BCUT2D eigenvalue weighted by Crippen LogP contribution is 2.34. The van der Waals surface area contributed by atoms with Crippen molar-refractivity contribution in [2.75, 3.05) is 19.8 Å². The molecular formula is C45H38N6O7. The molecule has 290 valence electrons. The third-order valence-corrected chi connectivity index (χ3v) is 10.7. The molecule has 1 N–H and O–H groups in total. The summed E-state index contributed by atoms with van der Waals surface area (Å²) < 4.78 is 25.7. The molecule has 2 aromatic carbocycles. The Bertz CT molecular complexity index is 2660. The third-order valence-electron chi connectivity index (χ3n) is 10.7. The number of nitrogens with one attached hydrogen (secondary N) is 1. The van der Waals surface area contributed by atoms with Crippen LogP contribution in [0.3, 0.4) is 0 Å². The lowest BCUT2D eigenvalue weighted by molar-refractivity contribution is -0.125. The van der Waals surface area contributed by atoms with Gasteiger partial charge in [0.05, 0.1) is 29.4 Å². The van der Waals surface area contributed by atoms with Gasteiger partial charge in [0, 0.05) is 72.1 Å². The molecule has 1 saturated heterocycles. The van der Waals surface area contributed by atoms with E-state index in [0.29, 0.717) is 41.6 Å². The summed E-state index contributed by atoms with van der Waals surface area (Å²) in [7, 11) is 2.07. The number of carbonyl (C=O) groups is 3. The molecule has 13 nitrogen and oxygen atoms in total. The molecule has 1 saturated carbocycles. The van der Waals surface area contributed by atoms with Crippen LogP contribution < -0.4 is 19.5 Å². The quantitative estimate of drug-likeness (QED) is 0.0944. The first-order valence-electron chi connectivity index (χ1n) is 19.1. The number of fused-ring (bicyclic) bond motifs is 4. The molecule has 0 spiro atoms. The van der Waals surface area contributed by atoms with Crippen molar-refractivity contribution in [1.29, 1.82) is 0 Å². The summed E-state index contributed by atoms with van der Waals surface area (Å²) >= 11 is 0. The monoisotopic (exact) mass is 774 g/mol. The van der Waals surface area contributed by atoms with Gasteiger partial charge >= 0.3 is 0 Å². The normalized spacial score (nSPS) is 18.7. The summed E-state index contributed by atoms with van der Waals surface area (Å²) in [6, 6.07) is 19.9. The Kier molecular flexibility index (Phi) is 9.76. The van der Waals surface area contributed by atoms with Crippen LogP contribution in [0, 0.1) is 11.8 Å². The van der Waals surface area contributed by atoms with E-state index in [0.717, 1.165) is 45.3 Å². The zero-order chi connectivity index (χ0) is 39.8. The number of rotatable bonds is 11. The summed E-state index contributed by atoms with van der Waals surface area (Å²) in [6.07, 6.45) is 9.64. The molecule has 6 heterocycles. The van der Waals surface area contributed by atoms with Gasteiger partial charge in [0.2, 0.25) is 11.8 Å². The van der Waals surface area contributed by atoms with E-state index in [2.05, 4.69) is 68.5 Å². The number of carbonyl (C=O) groups excluding carboxylic acids is 3. The number of pyridine rings is 3. The molecule has 2 fully saturated rings. The van der Waals surface area contributed by atoms with Crippen LogP contribution in [0.25, 0.3) is 32.9 Å². The van der Waals surface area contributed by atoms with Crippen LogP contribution in [0.1, 0.15) is 52.1 Å². The Labute approximate surface area is 333 Å². The average molecular weight is 775 g/mol. The molecular weight excluding hydrogens is 737 g/mol. The first-order chi connectivity index (χ1) is 28.3. The van der Waals surface area contributed by atoms with Gasteiger partial charge in [-0.2, -0.15) is 0 Å². The molecule has 1 unspecified atom stereocenters. The van der Waals surface area contributed by atoms with Crippen molar-refractivity contribution in [3.8, 4) is 40.3 Å². The molecule has 1 aliphatic carbocycles. The van der Waals surface area contributed by atoms with Crippen molar-refractivity contribution in [3.05, 3.63) is 121 Å². The van der Waals surface area contributed by atoms with Crippen molar-refractivity contribution in [2.45, 2.75) is 43.9 Å². The number of nitrogens with zero attached hydrogens (tertiary/aromatic N) is 5. The van der Waals surface area contributed by atoms with E-state index in [4.69, 9.17) is 18.9 Å². The minimum absolute atomic E-state index is 0.0284. The second-order valence-corrected chi connectivity index (χ2v) is 14.4. The molecule has 9 rings (SSSR count). The molecule has 2 aliphatic heterocycles. The van der Waals surface area contributed by atoms with Gasteiger partial charge in [0.1, 0.15) is 48.7 Å². The number of imide groups is 1. The van der Waals surface area contributed by atoms with Gasteiger partial charge in [0.15, 0.2) is 0 Å². The van der Waals surface area contributed by atoms with E-state index < -0.39 is 23.8 Å². The number of allylic oxidation sites excluding steroid dienone is 1. The van der Waals surface area contributed by atoms with Crippen molar-refractivity contribution >= 4 is 39.5 Å². The summed E-state index contributed by atoms with van der Waals surface area (Å²) in [4.78, 5) is 52.7. The highest BCUT2D eigenvalue weighted by Gasteiger charge is 2.44. The second-order valence-electron chi connectivity index (χ2n) is 14.4. The highest BCUT2D eigenvalue weighted by atomic mass is 16.5. The second kappa shape index (κ2) is 15.5. The molecule has 0 bridgehead atoms. The lowest BCUT2D eigenvalue weighted by Crippen LogP contribution is -2.51. The molecule has 0 radical (unpaired) electrons. The topological polar surface area (TPSA) is 147 Å². The molecule has 3 amide bonds. The number of hydrogen-bond donors (Lipinski definition) is 1. The van der Waals surface area contributed by atoms with Crippen molar-refractivity contribution in [1.82, 2.24) is 29.7 Å². The van der Waals surface area contributed by atoms with E-state index in [1.54, 1.807) is 24.4 Å². The van der Waals surface area contributed by atoms with Gasteiger partial charge < -0.3 is 28.8 Å². The fraction of sp³-hybridized carbons (Fsp3) is 0.244. The summed E-state index contributed by atoms with van der Waals surface area (Å²) in [5, 5.41) is 4.95. The van der Waals surface area contributed by atoms with E-state index in [-0.39, 0.29) is 43.2 Å². The predicted molar refractivity (Wildman–Crippen MR) is 214 cm³/mol. The first-order valence-corrected chi connectivity index (χ1v) is 19.1. The number of amides is 3. The number of benzene rings is 2. The predicted octanol–water partition coefficient (Wildman–Crippen LogP) is 6.01. The first kappa shape index (κ1) is 36.6. The van der Waals surface area contributed by atoms with Gasteiger partial charge in [-0.05, 0) is 72.9 Å². The van der Waals surface area contributed by atoms with E-state index in [9.17, 15) is 14.4 Å². The number of aryl methyl sites for hydroxylation is 1. The molecule has 13 heteroatoms. The van der Waals surface area contributed by atoms with Gasteiger partial charge in [0.25, 0.3) is 11.8 Å². The maximum absolute atomic E-state index is 13.1. The molecule has 6 aromatic rings. The third kappa shape index (κ3) is 7.21. The Morgan fingerprint density at radius 3 is 2.45 bits per heavy atom. The summed E-state index contributed by atoms with van der Waals surface area (Å²) in [5.41, 5.74) is 6.04. The van der Waals surface area contributed by atoms with Crippen LogP contribution in [0.5, 0.6) is 17.4 Å². The standard InChI is InChI=1S/C45H38N6O7/c1-27-5-13-40(43(52)49-27)51-44(53)36-12-10-31(23-37(36)45(51)54)56-19-18-55-17-3-4-30-8-9-32(25-47-30)57-33-21-34(22-33)58-42-14-7-29(24-48-42)28-6-11-35-38-26-46-16-15-39(38)50(2)41(35)20-28/h6-12,14-16,20,23-26,33-34,40H,1,5,13,17-19,21-22H2,2H3,(H,49,52). The van der Waals surface area contributed by atoms with E-state index in [1.165, 1.54) is 11.5 Å². The number of hydrogen-bond acceptors (Lipinski definition) is 10. The molecule has 3 aliphatic rings. The van der Waals surface area contributed by atoms with Crippen molar-refractivity contribution in [3.63, 3.8) is 0 Å². The van der Waals surface area contributed by atoms with Crippen LogP contribution in [0.2, 0.25) is 0 Å². The highest BCUT2D eigenvalue weighted by molar-refractivity contribution is 6.23. The van der Waals surface area contributed by atoms with Crippen LogP contribution >= 0.6 is 0 Å². The molecule has 1 atom stereocenters. The minimum atomic E-state index is -0.863. The molecule has 4 aromatic heterocycles. The van der Waals surface area contributed by atoms with Gasteiger partial charge in [-0.15, -0.1) is 0 Å². The van der Waals surface area contributed by atoms with Crippen molar-refractivity contribution < 1.29 is 33.3 Å². The van der Waals surface area contributed by atoms with Crippen molar-refractivity contribution in [2.24, 2.45) is 7.05 Å². The smallest absolute Gasteiger partial charge is 0.262 e. The zero-order valence-electron chi connectivity index (χ0n) is 31.6. The van der Waals surface area contributed by atoms with Crippen LogP contribution in [-0.4, -0.2) is 80.2 Å². The van der Waals surface area contributed by atoms with Crippen LogP contribution in [0.4, 0.5) is 0 Å². The SMILES string of the molecule is C=C1CCC(N2C(=O)c3ccc(OCCOCC#Cc4ccc(OC5CC(Oc6ccc(-c7ccc8c9cnccc9n(C)c8c7)cn6)C5)cn4)cc3C2=O)C(=O)N1. The van der Waals surface area contributed by atoms with Crippen LogP contribution in [-0.2, 0) is 16.6 Å².